The van der Waals surface area contributed by atoms with Gasteiger partial charge in [-0.15, -0.1) is 22.9 Å². The highest BCUT2D eigenvalue weighted by Crippen LogP contribution is 2.22. The lowest BCUT2D eigenvalue weighted by molar-refractivity contribution is -0.115. The molecule has 0 fully saturated rings. The molecule has 7 heteroatoms. The molecule has 1 aromatic carbocycles. The summed E-state index contributed by atoms with van der Waals surface area (Å²) in [5.74, 6) is 0.267. The third-order valence-corrected chi connectivity index (χ3v) is 4.55. The van der Waals surface area contributed by atoms with Gasteiger partial charge in [0.25, 0.3) is 0 Å². The van der Waals surface area contributed by atoms with Gasteiger partial charge in [0.2, 0.25) is 5.91 Å². The Kier molecular flexibility index (Phi) is 5.44. The summed E-state index contributed by atoms with van der Waals surface area (Å²) in [6, 6.07) is 5.33. The van der Waals surface area contributed by atoms with Gasteiger partial charge in [0.05, 0.1) is 23.7 Å². The average molecular weight is 427 g/mol. The van der Waals surface area contributed by atoms with Gasteiger partial charge < -0.3 is 5.32 Å². The molecule has 0 bridgehead atoms. The van der Waals surface area contributed by atoms with E-state index in [4.69, 9.17) is 23.2 Å². The topological polar surface area (TPSA) is 42.0 Å². The summed E-state index contributed by atoms with van der Waals surface area (Å²) in [4.78, 5) is 16.2. The monoisotopic (exact) mass is 426 g/mol. The van der Waals surface area contributed by atoms with Crippen molar-refractivity contribution in [3.8, 4) is 0 Å². The molecule has 3 nitrogen and oxygen atoms in total. The number of carbonyl (C=O) groups excluding carboxylic acids is 1. The highest BCUT2D eigenvalue weighted by atomic mass is 127. The van der Waals surface area contributed by atoms with E-state index in [0.717, 1.165) is 20.0 Å². The van der Waals surface area contributed by atoms with Crippen molar-refractivity contribution >= 4 is 68.7 Å². The number of nitrogens with one attached hydrogen (secondary N) is 1. The second-order valence-electron chi connectivity index (χ2n) is 3.72. The summed E-state index contributed by atoms with van der Waals surface area (Å²) in [6.45, 7) is 0. The van der Waals surface area contributed by atoms with E-state index in [1.807, 2.05) is 5.38 Å². The third kappa shape index (κ3) is 4.30. The van der Waals surface area contributed by atoms with E-state index in [1.54, 1.807) is 18.2 Å². The van der Waals surface area contributed by atoms with Crippen molar-refractivity contribution in [2.45, 2.75) is 12.3 Å². The molecule has 0 atom stereocenters. The minimum Gasteiger partial charge on any atom is -0.325 e. The van der Waals surface area contributed by atoms with Crippen molar-refractivity contribution < 1.29 is 4.79 Å². The Morgan fingerprint density at radius 1 is 1.47 bits per heavy atom. The molecule has 1 heterocycles. The quantitative estimate of drug-likeness (QED) is 0.584. The number of hydrogen-bond donors (Lipinski definition) is 1. The lowest BCUT2D eigenvalue weighted by Crippen LogP contribution is -2.15. The van der Waals surface area contributed by atoms with Crippen molar-refractivity contribution in [2.24, 2.45) is 0 Å². The summed E-state index contributed by atoms with van der Waals surface area (Å²) < 4.78 is 0.902. The molecule has 0 aliphatic rings. The predicted octanol–water partition coefficient (Wildman–Crippen LogP) is 4.32. The Bertz CT molecular complexity index is 603. The van der Waals surface area contributed by atoms with Crippen LogP contribution in [0.15, 0.2) is 23.6 Å². The van der Waals surface area contributed by atoms with Crippen molar-refractivity contribution in [3.05, 3.63) is 42.9 Å². The molecule has 2 aromatic rings. The van der Waals surface area contributed by atoms with Crippen LogP contribution in [0.25, 0.3) is 0 Å². The smallest absolute Gasteiger partial charge is 0.231 e. The molecule has 0 aliphatic carbocycles. The third-order valence-electron chi connectivity index (χ3n) is 2.25. The van der Waals surface area contributed by atoms with E-state index in [2.05, 4.69) is 32.9 Å². The first-order valence-corrected chi connectivity index (χ1v) is 8.19. The number of nitrogens with zero attached hydrogens (tertiary/aromatic N) is 1. The van der Waals surface area contributed by atoms with E-state index in [0.29, 0.717) is 10.9 Å². The fourth-order valence-corrected chi connectivity index (χ4v) is 3.44. The number of carbonyl (C=O) groups is 1. The molecule has 0 aliphatic heterocycles. The van der Waals surface area contributed by atoms with Gasteiger partial charge in [-0.1, -0.05) is 11.6 Å². The molecule has 0 spiro atoms. The van der Waals surface area contributed by atoms with E-state index in [1.165, 1.54) is 11.3 Å². The van der Waals surface area contributed by atoms with Crippen LogP contribution in [0.1, 0.15) is 10.7 Å². The molecular weight excluding hydrogens is 418 g/mol. The minimum atomic E-state index is -0.101. The first-order valence-electron chi connectivity index (χ1n) is 5.32. The first-order chi connectivity index (χ1) is 9.08. The van der Waals surface area contributed by atoms with Crippen LogP contribution in [0.2, 0.25) is 5.02 Å². The van der Waals surface area contributed by atoms with Crippen LogP contribution in [-0.2, 0) is 17.1 Å². The highest BCUT2D eigenvalue weighted by Gasteiger charge is 2.10. The highest BCUT2D eigenvalue weighted by molar-refractivity contribution is 14.1. The molecule has 0 saturated carbocycles. The van der Waals surface area contributed by atoms with Crippen LogP contribution in [0.4, 0.5) is 5.69 Å². The zero-order valence-electron chi connectivity index (χ0n) is 9.62. The SMILES string of the molecule is O=C(Cc1nc(CCl)cs1)Nc1ccc(Cl)cc1I. The summed E-state index contributed by atoms with van der Waals surface area (Å²) in [6.07, 6.45) is 0.250. The number of rotatable bonds is 4. The van der Waals surface area contributed by atoms with Crippen LogP contribution < -0.4 is 5.32 Å². The first kappa shape index (κ1) is 15.0. The fourth-order valence-electron chi connectivity index (χ4n) is 1.41. The van der Waals surface area contributed by atoms with Crippen molar-refractivity contribution in [3.63, 3.8) is 0 Å². The van der Waals surface area contributed by atoms with E-state index >= 15 is 0 Å². The van der Waals surface area contributed by atoms with Gasteiger partial charge in [0.15, 0.2) is 0 Å². The molecule has 0 unspecified atom stereocenters. The number of benzene rings is 1. The van der Waals surface area contributed by atoms with Gasteiger partial charge in [0, 0.05) is 14.0 Å². The Morgan fingerprint density at radius 2 is 2.26 bits per heavy atom. The van der Waals surface area contributed by atoms with Gasteiger partial charge in [-0.2, -0.15) is 0 Å². The number of anilines is 1. The lowest BCUT2D eigenvalue weighted by atomic mass is 10.3. The number of aromatic nitrogens is 1. The molecule has 1 aromatic heterocycles. The Balaban J connectivity index is 2.01. The molecular formula is C12H9Cl2IN2OS. The van der Waals surface area contributed by atoms with E-state index in [-0.39, 0.29) is 12.3 Å². The molecule has 0 radical (unpaired) electrons. The van der Waals surface area contributed by atoms with Crippen LogP contribution in [0.3, 0.4) is 0 Å². The van der Waals surface area contributed by atoms with Crippen LogP contribution >= 0.6 is 57.1 Å². The van der Waals surface area contributed by atoms with Gasteiger partial charge in [-0.3, -0.25) is 4.79 Å². The molecule has 1 amide bonds. The van der Waals surface area contributed by atoms with Crippen LogP contribution in [0.5, 0.6) is 0 Å². The standard InChI is InChI=1S/C12H9Cl2IN2OS/c13-5-8-6-19-12(16-8)4-11(18)17-10-2-1-7(14)3-9(10)15/h1-3,6H,4-5H2,(H,17,18). The Hall–Kier alpha value is -0.370. The van der Waals surface area contributed by atoms with Gasteiger partial charge in [-0.25, -0.2) is 4.98 Å². The lowest BCUT2D eigenvalue weighted by Gasteiger charge is -2.06. The molecule has 2 rings (SSSR count). The molecule has 1 N–H and O–H groups in total. The summed E-state index contributed by atoms with van der Waals surface area (Å²) >= 11 is 15.1. The minimum absolute atomic E-state index is 0.101. The van der Waals surface area contributed by atoms with Crippen LogP contribution in [0, 0.1) is 3.57 Å². The summed E-state index contributed by atoms with van der Waals surface area (Å²) in [7, 11) is 0. The number of halogens is 3. The number of alkyl halides is 1. The second-order valence-corrected chi connectivity index (χ2v) is 6.52. The van der Waals surface area contributed by atoms with Crippen LogP contribution in [-0.4, -0.2) is 10.9 Å². The zero-order chi connectivity index (χ0) is 13.8. The molecule has 100 valence electrons. The average Bonchev–Trinajstić information content (AvgIpc) is 2.80. The summed E-state index contributed by atoms with van der Waals surface area (Å²) in [5, 5.41) is 6.11. The molecule has 19 heavy (non-hydrogen) atoms. The fraction of sp³-hybridized carbons (Fsp3) is 0.167. The van der Waals surface area contributed by atoms with E-state index in [9.17, 15) is 4.79 Å². The summed E-state index contributed by atoms with van der Waals surface area (Å²) in [5.41, 5.74) is 1.56. The Labute approximate surface area is 138 Å². The van der Waals surface area contributed by atoms with Gasteiger partial charge in [0.1, 0.15) is 5.01 Å². The van der Waals surface area contributed by atoms with Crippen molar-refractivity contribution in [1.82, 2.24) is 4.98 Å². The number of amides is 1. The van der Waals surface area contributed by atoms with E-state index < -0.39 is 0 Å². The van der Waals surface area contributed by atoms with Crippen molar-refractivity contribution in [1.29, 1.82) is 0 Å². The predicted molar refractivity (Wildman–Crippen MR) is 88.2 cm³/mol. The second kappa shape index (κ2) is 6.88. The Morgan fingerprint density at radius 3 is 2.89 bits per heavy atom. The normalized spacial score (nSPS) is 10.5. The largest absolute Gasteiger partial charge is 0.325 e. The number of hydrogen-bond acceptors (Lipinski definition) is 3. The maximum absolute atomic E-state index is 11.9. The maximum atomic E-state index is 11.9. The molecule has 0 saturated heterocycles. The number of thiazole rings is 1. The van der Waals surface area contributed by atoms with Gasteiger partial charge >= 0.3 is 0 Å². The zero-order valence-corrected chi connectivity index (χ0v) is 14.1. The van der Waals surface area contributed by atoms with Crippen molar-refractivity contribution in [2.75, 3.05) is 5.32 Å². The van der Waals surface area contributed by atoms with Gasteiger partial charge in [-0.05, 0) is 40.8 Å². The maximum Gasteiger partial charge on any atom is 0.231 e.